The fraction of sp³-hybridized carbons (Fsp3) is 0.250. The molecule has 7 heteroatoms. The number of nitrogens with zero attached hydrogens (tertiary/aromatic N) is 6. The molecular formula is C28H26N6S. The maximum atomic E-state index is 10.2. The Hall–Kier alpha value is -3.73. The molecule has 174 valence electrons. The lowest BCUT2D eigenvalue weighted by atomic mass is 10.0. The number of thiazole rings is 1. The molecule has 4 heterocycles. The summed E-state index contributed by atoms with van der Waals surface area (Å²) in [6.45, 7) is 3.90. The fourth-order valence-corrected chi connectivity index (χ4v) is 5.99. The molecule has 0 N–H and O–H groups in total. The zero-order valence-corrected chi connectivity index (χ0v) is 20.9. The second-order valence-electron chi connectivity index (χ2n) is 9.33. The predicted molar refractivity (Wildman–Crippen MR) is 143 cm³/mol. The summed E-state index contributed by atoms with van der Waals surface area (Å²) in [5, 5.41) is 13.3. The monoisotopic (exact) mass is 478 g/mol. The molecule has 1 atom stereocenters. The normalized spacial score (nSPS) is 16.0. The van der Waals surface area contributed by atoms with Crippen LogP contribution in [0.25, 0.3) is 38.5 Å². The number of likely N-dealkylation sites (N-methyl/N-ethyl adjacent to an activating group) is 1. The molecule has 0 spiro atoms. The molecule has 6 nitrogen and oxygen atoms in total. The first-order valence-corrected chi connectivity index (χ1v) is 12.7. The van der Waals surface area contributed by atoms with Crippen LogP contribution in [0, 0.1) is 18.3 Å². The van der Waals surface area contributed by atoms with Crippen LogP contribution in [0.5, 0.6) is 0 Å². The van der Waals surface area contributed by atoms with Gasteiger partial charge < -0.3 is 9.80 Å². The van der Waals surface area contributed by atoms with Crippen molar-refractivity contribution in [3.05, 3.63) is 71.1 Å². The van der Waals surface area contributed by atoms with Crippen molar-refractivity contribution in [2.24, 2.45) is 0 Å². The number of nitriles is 1. The van der Waals surface area contributed by atoms with Gasteiger partial charge in [0.15, 0.2) is 5.65 Å². The Morgan fingerprint density at radius 2 is 1.83 bits per heavy atom. The molecule has 0 aliphatic carbocycles. The van der Waals surface area contributed by atoms with Gasteiger partial charge in [-0.3, -0.25) is 4.40 Å². The standard InChI is InChI=1S/C28H26N6S/c1-18-21(15-29)26-30-22-11-7-8-12-24(22)34(26)28(33-14-13-20(16-33)32(2)3)25(18)23-17-35-27(31-23)19-9-5-4-6-10-19/h4-12,17,20H,13-14,16H2,1-3H3/t20-/m0/s1. The summed E-state index contributed by atoms with van der Waals surface area (Å²) in [7, 11) is 4.29. The van der Waals surface area contributed by atoms with Crippen molar-refractivity contribution in [3.63, 3.8) is 0 Å². The number of pyridine rings is 1. The zero-order chi connectivity index (χ0) is 24.1. The van der Waals surface area contributed by atoms with E-state index in [1.807, 2.05) is 43.3 Å². The van der Waals surface area contributed by atoms with E-state index in [0.717, 1.165) is 69.4 Å². The number of benzene rings is 2. The molecule has 0 unspecified atom stereocenters. The highest BCUT2D eigenvalue weighted by molar-refractivity contribution is 7.13. The number of rotatable bonds is 4. The number of imidazole rings is 1. The molecule has 1 aliphatic heterocycles. The number of para-hydroxylation sites is 2. The number of fused-ring (bicyclic) bond motifs is 3. The van der Waals surface area contributed by atoms with Gasteiger partial charge in [0.1, 0.15) is 16.9 Å². The van der Waals surface area contributed by atoms with Gasteiger partial charge in [0.25, 0.3) is 0 Å². The number of hydrogen-bond donors (Lipinski definition) is 0. The van der Waals surface area contributed by atoms with E-state index in [1.165, 1.54) is 0 Å². The molecule has 0 bridgehead atoms. The van der Waals surface area contributed by atoms with Crippen LogP contribution in [0.3, 0.4) is 0 Å². The first-order chi connectivity index (χ1) is 17.1. The maximum Gasteiger partial charge on any atom is 0.157 e. The van der Waals surface area contributed by atoms with E-state index in [4.69, 9.17) is 9.97 Å². The highest BCUT2D eigenvalue weighted by Crippen LogP contribution is 2.42. The Morgan fingerprint density at radius 1 is 1.06 bits per heavy atom. The minimum atomic E-state index is 0.471. The van der Waals surface area contributed by atoms with Gasteiger partial charge in [-0.2, -0.15) is 5.26 Å². The van der Waals surface area contributed by atoms with E-state index < -0.39 is 0 Å². The van der Waals surface area contributed by atoms with Crippen LogP contribution in [0.2, 0.25) is 0 Å². The topological polar surface area (TPSA) is 60.5 Å². The van der Waals surface area contributed by atoms with Gasteiger partial charge in [-0.05, 0) is 45.1 Å². The van der Waals surface area contributed by atoms with E-state index in [0.29, 0.717) is 11.6 Å². The predicted octanol–water partition coefficient (Wildman–Crippen LogP) is 5.60. The molecule has 1 aliphatic rings. The van der Waals surface area contributed by atoms with E-state index in [2.05, 4.69) is 57.9 Å². The van der Waals surface area contributed by atoms with Crippen LogP contribution in [-0.4, -0.2) is 52.5 Å². The van der Waals surface area contributed by atoms with Crippen LogP contribution in [0.15, 0.2) is 60.0 Å². The van der Waals surface area contributed by atoms with E-state index >= 15 is 0 Å². The van der Waals surface area contributed by atoms with Crippen LogP contribution in [-0.2, 0) is 0 Å². The molecule has 2 aromatic carbocycles. The molecule has 5 aromatic rings. The molecule has 0 radical (unpaired) electrons. The smallest absolute Gasteiger partial charge is 0.157 e. The first-order valence-electron chi connectivity index (χ1n) is 11.8. The van der Waals surface area contributed by atoms with Gasteiger partial charge in [0.2, 0.25) is 0 Å². The van der Waals surface area contributed by atoms with Crippen LogP contribution in [0.1, 0.15) is 17.5 Å². The summed E-state index contributed by atoms with van der Waals surface area (Å²) in [5.41, 5.74) is 7.21. The molecule has 0 amide bonds. The van der Waals surface area contributed by atoms with Crippen molar-refractivity contribution >= 4 is 33.8 Å². The average Bonchev–Trinajstić information content (AvgIpc) is 3.62. The second kappa shape index (κ2) is 8.49. The molecule has 3 aromatic heterocycles. The third-order valence-electron chi connectivity index (χ3n) is 7.06. The lowest BCUT2D eigenvalue weighted by Gasteiger charge is -2.26. The molecule has 1 fully saturated rings. The van der Waals surface area contributed by atoms with Crippen molar-refractivity contribution in [1.29, 1.82) is 5.26 Å². The van der Waals surface area contributed by atoms with E-state index in [1.54, 1.807) is 11.3 Å². The molecule has 6 rings (SSSR count). The van der Waals surface area contributed by atoms with Crippen LogP contribution < -0.4 is 4.90 Å². The summed E-state index contributed by atoms with van der Waals surface area (Å²) in [6.07, 6.45) is 1.09. The van der Waals surface area contributed by atoms with Crippen LogP contribution >= 0.6 is 11.3 Å². The van der Waals surface area contributed by atoms with E-state index in [9.17, 15) is 5.26 Å². The highest BCUT2D eigenvalue weighted by atomic mass is 32.1. The Balaban J connectivity index is 1.66. The van der Waals surface area contributed by atoms with Gasteiger partial charge in [-0.15, -0.1) is 11.3 Å². The Bertz CT molecular complexity index is 1590. The van der Waals surface area contributed by atoms with Gasteiger partial charge in [0, 0.05) is 35.6 Å². The van der Waals surface area contributed by atoms with Crippen molar-refractivity contribution in [2.45, 2.75) is 19.4 Å². The van der Waals surface area contributed by atoms with Crippen molar-refractivity contribution < 1.29 is 0 Å². The lowest BCUT2D eigenvalue weighted by Crippen LogP contribution is -2.32. The van der Waals surface area contributed by atoms with Gasteiger partial charge in [-0.1, -0.05) is 42.5 Å². The molecule has 35 heavy (non-hydrogen) atoms. The first kappa shape index (κ1) is 21.8. The zero-order valence-electron chi connectivity index (χ0n) is 20.1. The summed E-state index contributed by atoms with van der Waals surface area (Å²) in [5.74, 6) is 1.08. The van der Waals surface area contributed by atoms with Crippen molar-refractivity contribution in [1.82, 2.24) is 19.3 Å². The summed E-state index contributed by atoms with van der Waals surface area (Å²) >= 11 is 1.64. The van der Waals surface area contributed by atoms with E-state index in [-0.39, 0.29) is 0 Å². The maximum absolute atomic E-state index is 10.2. The molecule has 1 saturated heterocycles. The number of anilines is 1. The van der Waals surface area contributed by atoms with Crippen LogP contribution in [0.4, 0.5) is 5.82 Å². The van der Waals surface area contributed by atoms with Gasteiger partial charge in [-0.25, -0.2) is 9.97 Å². The fourth-order valence-electron chi connectivity index (χ4n) is 5.18. The van der Waals surface area contributed by atoms with Gasteiger partial charge >= 0.3 is 0 Å². The highest BCUT2D eigenvalue weighted by Gasteiger charge is 2.31. The summed E-state index contributed by atoms with van der Waals surface area (Å²) in [4.78, 5) is 14.7. The summed E-state index contributed by atoms with van der Waals surface area (Å²) in [6, 6.07) is 21.3. The molecular weight excluding hydrogens is 452 g/mol. The van der Waals surface area contributed by atoms with Crippen molar-refractivity contribution in [2.75, 3.05) is 32.1 Å². The average molecular weight is 479 g/mol. The largest absolute Gasteiger partial charge is 0.355 e. The quantitative estimate of drug-likeness (QED) is 0.337. The SMILES string of the molecule is Cc1c(-c2csc(-c3ccccc3)n2)c(N2CC[C@H](N(C)C)C2)n2c(nc3ccccc32)c1C#N. The number of hydrogen-bond acceptors (Lipinski definition) is 6. The third-order valence-corrected chi connectivity index (χ3v) is 7.95. The summed E-state index contributed by atoms with van der Waals surface area (Å²) < 4.78 is 2.19. The Morgan fingerprint density at radius 3 is 2.57 bits per heavy atom. The number of aromatic nitrogens is 3. The third kappa shape index (κ3) is 3.49. The lowest BCUT2D eigenvalue weighted by molar-refractivity contribution is 0.315. The van der Waals surface area contributed by atoms with Crippen molar-refractivity contribution in [3.8, 4) is 27.9 Å². The molecule has 0 saturated carbocycles. The minimum absolute atomic E-state index is 0.471. The van der Waals surface area contributed by atoms with Gasteiger partial charge in [0.05, 0.1) is 22.3 Å². The second-order valence-corrected chi connectivity index (χ2v) is 10.2. The minimum Gasteiger partial charge on any atom is -0.355 e. The Kier molecular flexibility index (Phi) is 5.28. The Labute approximate surface area is 208 Å².